The molecule has 0 aliphatic carbocycles. The van der Waals surface area contributed by atoms with Gasteiger partial charge in [-0.25, -0.2) is 0 Å². The van der Waals surface area contributed by atoms with E-state index in [-0.39, 0.29) is 0 Å². The van der Waals surface area contributed by atoms with Crippen molar-refractivity contribution >= 4 is 17.6 Å². The van der Waals surface area contributed by atoms with Crippen molar-refractivity contribution in [1.82, 2.24) is 10.2 Å². The number of methoxy groups -OCH3 is 1. The SMILES string of the molecule is CN=C(NCc1ccc(Cl)cc1OC)N(C)CCC1CCOCC1. The Kier molecular flexibility index (Phi) is 7.66. The van der Waals surface area contributed by atoms with Crippen molar-refractivity contribution in [3.63, 3.8) is 0 Å². The number of ether oxygens (including phenoxy) is 2. The number of guanidine groups is 1. The highest BCUT2D eigenvalue weighted by molar-refractivity contribution is 6.30. The van der Waals surface area contributed by atoms with Gasteiger partial charge in [-0.2, -0.15) is 0 Å². The van der Waals surface area contributed by atoms with E-state index in [0.717, 1.165) is 42.9 Å². The van der Waals surface area contributed by atoms with Gasteiger partial charge in [0.15, 0.2) is 5.96 Å². The van der Waals surface area contributed by atoms with Gasteiger partial charge in [-0.15, -0.1) is 0 Å². The first kappa shape index (κ1) is 18.9. The third kappa shape index (κ3) is 5.56. The summed E-state index contributed by atoms with van der Waals surface area (Å²) >= 11 is 6.01. The second kappa shape index (κ2) is 9.74. The second-order valence-electron chi connectivity index (χ2n) is 6.12. The summed E-state index contributed by atoms with van der Waals surface area (Å²) in [6.45, 7) is 3.44. The Morgan fingerprint density at radius 3 is 2.83 bits per heavy atom. The highest BCUT2D eigenvalue weighted by Gasteiger charge is 2.15. The van der Waals surface area contributed by atoms with Gasteiger partial charge in [-0.05, 0) is 37.3 Å². The Morgan fingerprint density at radius 1 is 1.42 bits per heavy atom. The third-order valence-electron chi connectivity index (χ3n) is 4.47. The summed E-state index contributed by atoms with van der Waals surface area (Å²) in [6, 6.07) is 5.68. The van der Waals surface area contributed by atoms with E-state index in [2.05, 4.69) is 22.3 Å². The van der Waals surface area contributed by atoms with Gasteiger partial charge in [0.25, 0.3) is 0 Å². The van der Waals surface area contributed by atoms with Crippen LogP contribution in [0.5, 0.6) is 5.75 Å². The molecule has 1 aliphatic heterocycles. The first-order valence-electron chi connectivity index (χ1n) is 8.46. The van der Waals surface area contributed by atoms with Crippen molar-refractivity contribution in [3.05, 3.63) is 28.8 Å². The number of rotatable bonds is 6. The topological polar surface area (TPSA) is 46.1 Å². The van der Waals surface area contributed by atoms with Crippen LogP contribution in [0.15, 0.2) is 23.2 Å². The number of hydrogen-bond donors (Lipinski definition) is 1. The zero-order valence-electron chi connectivity index (χ0n) is 14.8. The molecule has 134 valence electrons. The van der Waals surface area contributed by atoms with Crippen molar-refractivity contribution in [1.29, 1.82) is 0 Å². The zero-order chi connectivity index (χ0) is 17.4. The highest BCUT2D eigenvalue weighted by atomic mass is 35.5. The van der Waals surface area contributed by atoms with Gasteiger partial charge in [-0.3, -0.25) is 4.99 Å². The molecule has 0 radical (unpaired) electrons. The molecule has 1 fully saturated rings. The Balaban J connectivity index is 1.85. The van der Waals surface area contributed by atoms with Crippen LogP contribution < -0.4 is 10.1 Å². The van der Waals surface area contributed by atoms with Gasteiger partial charge in [0, 0.05) is 51.0 Å². The normalized spacial score (nSPS) is 16.1. The van der Waals surface area contributed by atoms with Gasteiger partial charge in [0.2, 0.25) is 0 Å². The molecule has 0 spiro atoms. The number of benzene rings is 1. The average molecular weight is 354 g/mol. The Hall–Kier alpha value is -1.46. The molecule has 0 bridgehead atoms. The fourth-order valence-corrected chi connectivity index (χ4v) is 3.10. The summed E-state index contributed by atoms with van der Waals surface area (Å²) in [5, 5.41) is 4.07. The molecule has 1 aromatic rings. The summed E-state index contributed by atoms with van der Waals surface area (Å²) in [5.74, 6) is 2.44. The van der Waals surface area contributed by atoms with Crippen molar-refractivity contribution in [2.24, 2.45) is 10.9 Å². The van der Waals surface area contributed by atoms with Crippen LogP contribution in [-0.4, -0.2) is 51.8 Å². The lowest BCUT2D eigenvalue weighted by atomic mass is 9.96. The molecule has 2 rings (SSSR count). The quantitative estimate of drug-likeness (QED) is 0.630. The van der Waals surface area contributed by atoms with E-state index in [4.69, 9.17) is 21.1 Å². The number of nitrogens with zero attached hydrogens (tertiary/aromatic N) is 2. The van der Waals surface area contributed by atoms with Crippen molar-refractivity contribution in [2.75, 3.05) is 41.0 Å². The summed E-state index contributed by atoms with van der Waals surface area (Å²) in [6.07, 6.45) is 3.51. The smallest absolute Gasteiger partial charge is 0.193 e. The third-order valence-corrected chi connectivity index (χ3v) is 4.71. The molecular formula is C18H28ClN3O2. The summed E-state index contributed by atoms with van der Waals surface area (Å²) in [5.41, 5.74) is 1.06. The van der Waals surface area contributed by atoms with Crippen LogP contribution in [0.25, 0.3) is 0 Å². The number of aliphatic imine (C=N–C) groups is 1. The lowest BCUT2D eigenvalue weighted by Crippen LogP contribution is -2.39. The average Bonchev–Trinajstić information content (AvgIpc) is 2.62. The van der Waals surface area contributed by atoms with Gasteiger partial charge in [0.05, 0.1) is 7.11 Å². The van der Waals surface area contributed by atoms with Crippen molar-refractivity contribution in [2.45, 2.75) is 25.8 Å². The van der Waals surface area contributed by atoms with E-state index in [1.807, 2.05) is 25.2 Å². The molecule has 0 unspecified atom stereocenters. The van der Waals surface area contributed by atoms with E-state index >= 15 is 0 Å². The molecule has 0 atom stereocenters. The standard InChI is InChI=1S/C18H28ClN3O2/c1-20-18(22(2)9-6-14-7-10-24-11-8-14)21-13-15-4-5-16(19)12-17(15)23-3/h4-5,12,14H,6-11,13H2,1-3H3,(H,20,21). The van der Waals surface area contributed by atoms with E-state index in [1.165, 1.54) is 19.3 Å². The molecule has 6 heteroatoms. The minimum atomic E-state index is 0.647. The Morgan fingerprint density at radius 2 is 2.17 bits per heavy atom. The van der Waals surface area contributed by atoms with Gasteiger partial charge in [-0.1, -0.05) is 17.7 Å². The number of halogens is 1. The van der Waals surface area contributed by atoms with Crippen molar-refractivity contribution < 1.29 is 9.47 Å². The van der Waals surface area contributed by atoms with Crippen LogP contribution in [0.1, 0.15) is 24.8 Å². The Bertz CT molecular complexity index is 545. The maximum Gasteiger partial charge on any atom is 0.193 e. The van der Waals surface area contributed by atoms with Gasteiger partial charge in [0.1, 0.15) is 5.75 Å². The molecule has 1 saturated heterocycles. The molecule has 24 heavy (non-hydrogen) atoms. The van der Waals surface area contributed by atoms with Crippen LogP contribution >= 0.6 is 11.6 Å². The molecule has 1 aromatic carbocycles. The largest absolute Gasteiger partial charge is 0.496 e. The molecular weight excluding hydrogens is 326 g/mol. The first-order chi connectivity index (χ1) is 11.6. The zero-order valence-corrected chi connectivity index (χ0v) is 15.6. The van der Waals surface area contributed by atoms with Crippen LogP contribution in [0.4, 0.5) is 0 Å². The fourth-order valence-electron chi connectivity index (χ4n) is 2.94. The van der Waals surface area contributed by atoms with E-state index < -0.39 is 0 Å². The van der Waals surface area contributed by atoms with Crippen LogP contribution in [0.2, 0.25) is 5.02 Å². The van der Waals surface area contributed by atoms with Crippen LogP contribution in [0.3, 0.4) is 0 Å². The maximum atomic E-state index is 6.01. The molecule has 0 saturated carbocycles. The van der Waals surface area contributed by atoms with Crippen molar-refractivity contribution in [3.8, 4) is 5.75 Å². The summed E-state index contributed by atoms with van der Waals surface area (Å²) in [7, 11) is 5.55. The predicted octanol–water partition coefficient (Wildman–Crippen LogP) is 3.17. The molecule has 1 heterocycles. The number of hydrogen-bond acceptors (Lipinski definition) is 3. The first-order valence-corrected chi connectivity index (χ1v) is 8.83. The second-order valence-corrected chi connectivity index (χ2v) is 6.56. The molecule has 1 aliphatic rings. The highest BCUT2D eigenvalue weighted by Crippen LogP contribution is 2.23. The summed E-state index contributed by atoms with van der Waals surface area (Å²) < 4.78 is 10.8. The van der Waals surface area contributed by atoms with Gasteiger partial charge < -0.3 is 19.7 Å². The molecule has 0 amide bonds. The predicted molar refractivity (Wildman–Crippen MR) is 99.0 cm³/mol. The van der Waals surface area contributed by atoms with E-state index in [9.17, 15) is 0 Å². The molecule has 1 N–H and O–H groups in total. The number of nitrogens with one attached hydrogen (secondary N) is 1. The fraction of sp³-hybridized carbons (Fsp3) is 0.611. The maximum absolute atomic E-state index is 6.01. The van der Waals surface area contributed by atoms with Gasteiger partial charge >= 0.3 is 0 Å². The summed E-state index contributed by atoms with van der Waals surface area (Å²) in [4.78, 5) is 6.56. The van der Waals surface area contributed by atoms with E-state index in [1.54, 1.807) is 7.11 Å². The minimum Gasteiger partial charge on any atom is -0.496 e. The lowest BCUT2D eigenvalue weighted by Gasteiger charge is -2.27. The van der Waals surface area contributed by atoms with E-state index in [0.29, 0.717) is 11.6 Å². The molecule has 0 aromatic heterocycles. The lowest BCUT2D eigenvalue weighted by molar-refractivity contribution is 0.0625. The molecule has 5 nitrogen and oxygen atoms in total. The van der Waals surface area contributed by atoms with Crippen LogP contribution in [0, 0.1) is 5.92 Å². The minimum absolute atomic E-state index is 0.647. The monoisotopic (exact) mass is 353 g/mol. The van der Waals surface area contributed by atoms with Crippen LogP contribution in [-0.2, 0) is 11.3 Å². The Labute approximate surface area is 150 Å².